The maximum Gasteiger partial charge on any atom is 0.495 e. The standard InChI is InChI=1S/C16H24BClO3.C10H12BrClO/c1-12-13(8-6-9-14(12)19-11-7-10-18)17-20-15(2,3)16(4,5)21-17;1-8-9(11)4-2-5-10(8)13-7-3-6-12/h6,8-9H,7,10-11H2,1-5H3;2,4-5H,3,6-7H2,1H3. The van der Waals surface area contributed by atoms with Crippen molar-refractivity contribution in [2.45, 2.75) is 65.6 Å². The molecule has 188 valence electrons. The number of benzene rings is 2. The lowest BCUT2D eigenvalue weighted by Crippen LogP contribution is -2.41. The molecule has 0 bridgehead atoms. The van der Waals surface area contributed by atoms with Crippen molar-refractivity contribution in [3.63, 3.8) is 0 Å². The quantitative estimate of drug-likeness (QED) is 0.183. The van der Waals surface area contributed by atoms with Gasteiger partial charge in [0.05, 0.1) is 24.4 Å². The third-order valence-electron chi connectivity index (χ3n) is 6.12. The maximum atomic E-state index is 6.11. The molecule has 0 amide bonds. The molecule has 34 heavy (non-hydrogen) atoms. The summed E-state index contributed by atoms with van der Waals surface area (Å²) in [5.41, 5.74) is 2.55. The molecule has 2 aromatic carbocycles. The van der Waals surface area contributed by atoms with Crippen LogP contribution in [0.1, 0.15) is 51.7 Å². The van der Waals surface area contributed by atoms with E-state index in [0.717, 1.165) is 45.4 Å². The predicted molar refractivity (Wildman–Crippen MR) is 147 cm³/mol. The van der Waals surface area contributed by atoms with E-state index in [1.807, 2.05) is 50.2 Å². The minimum absolute atomic E-state index is 0.334. The Kier molecular flexibility index (Phi) is 11.6. The van der Waals surface area contributed by atoms with Gasteiger partial charge >= 0.3 is 7.12 Å². The van der Waals surface area contributed by atoms with Gasteiger partial charge in [-0.3, -0.25) is 0 Å². The minimum Gasteiger partial charge on any atom is -0.493 e. The van der Waals surface area contributed by atoms with Crippen molar-refractivity contribution in [1.29, 1.82) is 0 Å². The molecule has 1 aliphatic rings. The Labute approximate surface area is 223 Å². The molecule has 0 aliphatic carbocycles. The third kappa shape index (κ3) is 7.79. The highest BCUT2D eigenvalue weighted by atomic mass is 79.9. The summed E-state index contributed by atoms with van der Waals surface area (Å²) in [4.78, 5) is 0. The molecule has 0 radical (unpaired) electrons. The van der Waals surface area contributed by atoms with Crippen LogP contribution in [0.25, 0.3) is 0 Å². The second-order valence-electron chi connectivity index (χ2n) is 9.20. The number of alkyl halides is 2. The number of rotatable bonds is 9. The highest BCUT2D eigenvalue weighted by Gasteiger charge is 2.52. The summed E-state index contributed by atoms with van der Waals surface area (Å²) >= 11 is 14.7. The van der Waals surface area contributed by atoms with Gasteiger partial charge in [-0.05, 0) is 83.6 Å². The minimum atomic E-state index is -0.355. The van der Waals surface area contributed by atoms with Crippen molar-refractivity contribution in [2.75, 3.05) is 25.0 Å². The van der Waals surface area contributed by atoms with Crippen LogP contribution in [0.4, 0.5) is 0 Å². The van der Waals surface area contributed by atoms with Crippen LogP contribution in [-0.2, 0) is 9.31 Å². The molecular formula is C26H36BBrCl2O4. The molecule has 3 rings (SSSR count). The third-order valence-corrected chi connectivity index (χ3v) is 7.52. The Morgan fingerprint density at radius 3 is 1.76 bits per heavy atom. The first kappa shape index (κ1) is 29.3. The summed E-state index contributed by atoms with van der Waals surface area (Å²) in [5, 5.41) is 0. The van der Waals surface area contributed by atoms with Crippen LogP contribution in [0.2, 0.25) is 0 Å². The number of halogens is 3. The van der Waals surface area contributed by atoms with Crippen LogP contribution >= 0.6 is 39.1 Å². The first-order chi connectivity index (χ1) is 16.0. The van der Waals surface area contributed by atoms with Gasteiger partial charge in [0.25, 0.3) is 0 Å². The zero-order valence-electron chi connectivity index (χ0n) is 21.1. The van der Waals surface area contributed by atoms with Crippen molar-refractivity contribution in [1.82, 2.24) is 0 Å². The van der Waals surface area contributed by atoms with Gasteiger partial charge in [0.15, 0.2) is 0 Å². The van der Waals surface area contributed by atoms with Crippen LogP contribution in [0.15, 0.2) is 40.9 Å². The molecular weight excluding hydrogens is 538 g/mol. The molecule has 1 saturated heterocycles. The van der Waals surface area contributed by atoms with E-state index in [-0.39, 0.29) is 18.3 Å². The average Bonchev–Trinajstić information content (AvgIpc) is 3.00. The molecule has 0 aromatic heterocycles. The highest BCUT2D eigenvalue weighted by molar-refractivity contribution is 9.10. The lowest BCUT2D eigenvalue weighted by molar-refractivity contribution is 0.00578. The Hall–Kier alpha value is -0.915. The summed E-state index contributed by atoms with van der Waals surface area (Å²) < 4.78 is 24.6. The fourth-order valence-electron chi connectivity index (χ4n) is 3.23. The van der Waals surface area contributed by atoms with Crippen LogP contribution in [0, 0.1) is 13.8 Å². The first-order valence-electron chi connectivity index (χ1n) is 11.6. The van der Waals surface area contributed by atoms with Crippen molar-refractivity contribution >= 4 is 51.7 Å². The summed E-state index contributed by atoms with van der Waals surface area (Å²) in [6, 6.07) is 11.9. The lowest BCUT2D eigenvalue weighted by Gasteiger charge is -2.32. The van der Waals surface area contributed by atoms with Crippen molar-refractivity contribution < 1.29 is 18.8 Å². The average molecular weight is 574 g/mol. The summed E-state index contributed by atoms with van der Waals surface area (Å²) in [6.07, 6.45) is 1.72. The Morgan fingerprint density at radius 2 is 1.26 bits per heavy atom. The SMILES string of the molecule is Cc1c(Br)cccc1OCCCCl.Cc1c(OCCCCl)cccc1B1OC(C)(C)C(C)(C)O1. The fraction of sp³-hybridized carbons (Fsp3) is 0.538. The molecule has 1 heterocycles. The van der Waals surface area contributed by atoms with Crippen LogP contribution in [0.3, 0.4) is 0 Å². The zero-order chi connectivity index (χ0) is 25.4. The summed E-state index contributed by atoms with van der Waals surface area (Å²) in [7, 11) is -0.355. The summed E-state index contributed by atoms with van der Waals surface area (Å²) in [5.74, 6) is 3.05. The zero-order valence-corrected chi connectivity index (χ0v) is 24.1. The fourth-order valence-corrected chi connectivity index (χ4v) is 3.80. The molecule has 0 N–H and O–H groups in total. The van der Waals surface area contributed by atoms with E-state index in [4.69, 9.17) is 42.0 Å². The largest absolute Gasteiger partial charge is 0.495 e. The molecule has 0 atom stereocenters. The Morgan fingerprint density at radius 1 is 0.794 bits per heavy atom. The van der Waals surface area contributed by atoms with E-state index in [9.17, 15) is 0 Å². The van der Waals surface area contributed by atoms with Gasteiger partial charge in [-0.15, -0.1) is 23.2 Å². The monoisotopic (exact) mass is 572 g/mol. The van der Waals surface area contributed by atoms with E-state index >= 15 is 0 Å². The molecule has 0 unspecified atom stereocenters. The smallest absolute Gasteiger partial charge is 0.493 e. The van der Waals surface area contributed by atoms with Gasteiger partial charge in [-0.25, -0.2) is 0 Å². The van der Waals surface area contributed by atoms with Gasteiger partial charge in [-0.1, -0.05) is 34.1 Å². The first-order valence-corrected chi connectivity index (χ1v) is 13.5. The summed E-state index contributed by atoms with van der Waals surface area (Å²) in [6.45, 7) is 13.6. The van der Waals surface area contributed by atoms with Gasteiger partial charge in [0.1, 0.15) is 11.5 Å². The molecule has 2 aromatic rings. The van der Waals surface area contributed by atoms with E-state index in [2.05, 4.69) is 43.6 Å². The van der Waals surface area contributed by atoms with E-state index in [0.29, 0.717) is 25.0 Å². The molecule has 4 nitrogen and oxygen atoms in total. The second kappa shape index (κ2) is 13.4. The second-order valence-corrected chi connectivity index (χ2v) is 10.8. The van der Waals surface area contributed by atoms with Crippen LogP contribution < -0.4 is 14.9 Å². The van der Waals surface area contributed by atoms with Crippen molar-refractivity contribution in [3.05, 3.63) is 52.0 Å². The Bertz CT molecular complexity index is 908. The van der Waals surface area contributed by atoms with Gasteiger partial charge < -0.3 is 18.8 Å². The van der Waals surface area contributed by atoms with Crippen LogP contribution in [0.5, 0.6) is 11.5 Å². The Balaban J connectivity index is 0.000000270. The van der Waals surface area contributed by atoms with Gasteiger partial charge in [0.2, 0.25) is 0 Å². The van der Waals surface area contributed by atoms with E-state index in [1.165, 1.54) is 0 Å². The predicted octanol–water partition coefficient (Wildman–Crippen LogP) is 7.07. The maximum absolute atomic E-state index is 6.11. The number of hydrogen-bond acceptors (Lipinski definition) is 4. The van der Waals surface area contributed by atoms with Gasteiger partial charge in [-0.2, -0.15) is 0 Å². The topological polar surface area (TPSA) is 36.9 Å². The normalized spacial score (nSPS) is 16.1. The van der Waals surface area contributed by atoms with E-state index in [1.54, 1.807) is 0 Å². The van der Waals surface area contributed by atoms with Gasteiger partial charge in [0, 0.05) is 21.8 Å². The number of ether oxygens (including phenoxy) is 2. The molecule has 0 spiro atoms. The lowest BCUT2D eigenvalue weighted by atomic mass is 9.76. The van der Waals surface area contributed by atoms with Crippen molar-refractivity contribution in [2.24, 2.45) is 0 Å². The highest BCUT2D eigenvalue weighted by Crippen LogP contribution is 2.37. The van der Waals surface area contributed by atoms with E-state index < -0.39 is 0 Å². The molecule has 0 saturated carbocycles. The molecule has 1 aliphatic heterocycles. The molecule has 8 heteroatoms. The van der Waals surface area contributed by atoms with Crippen LogP contribution in [-0.4, -0.2) is 43.3 Å². The number of hydrogen-bond donors (Lipinski definition) is 0. The molecule has 1 fully saturated rings. The van der Waals surface area contributed by atoms with Crippen molar-refractivity contribution in [3.8, 4) is 11.5 Å².